The summed E-state index contributed by atoms with van der Waals surface area (Å²) in [6.07, 6.45) is 6.92. The van der Waals surface area contributed by atoms with Crippen LogP contribution >= 0.6 is 0 Å². The summed E-state index contributed by atoms with van der Waals surface area (Å²) in [6.45, 7) is 4.00. The summed E-state index contributed by atoms with van der Waals surface area (Å²) in [7, 11) is 0. The van der Waals surface area contributed by atoms with Gasteiger partial charge in [0.25, 0.3) is 0 Å². The first-order valence-corrected chi connectivity index (χ1v) is 7.21. The Labute approximate surface area is 114 Å². The smallest absolute Gasteiger partial charge is 0.240 e. The molecule has 2 aliphatic rings. The zero-order valence-corrected chi connectivity index (χ0v) is 11.4. The van der Waals surface area contributed by atoms with Crippen LogP contribution in [0.2, 0.25) is 0 Å². The predicted octanol–water partition coefficient (Wildman–Crippen LogP) is 1.74. The molecule has 19 heavy (non-hydrogen) atoms. The Morgan fingerprint density at radius 3 is 3.05 bits per heavy atom. The van der Waals surface area contributed by atoms with Gasteiger partial charge < -0.3 is 10.2 Å². The minimum absolute atomic E-state index is 0.0114. The molecular formula is C15H21N3O. The quantitative estimate of drug-likeness (QED) is 0.880. The molecule has 2 saturated heterocycles. The lowest BCUT2D eigenvalue weighted by Crippen LogP contribution is -2.45. The van der Waals surface area contributed by atoms with Gasteiger partial charge in [0.1, 0.15) is 0 Å². The van der Waals surface area contributed by atoms with Crippen molar-refractivity contribution in [1.82, 2.24) is 15.2 Å². The lowest BCUT2D eigenvalue weighted by atomic mass is 10.0. The van der Waals surface area contributed by atoms with Gasteiger partial charge in [-0.2, -0.15) is 0 Å². The third kappa shape index (κ3) is 2.37. The van der Waals surface area contributed by atoms with E-state index in [0.29, 0.717) is 5.92 Å². The number of carbonyl (C=O) groups is 1. The minimum atomic E-state index is 0.0114. The average molecular weight is 259 g/mol. The number of likely N-dealkylation sites (tertiary alicyclic amines) is 1. The van der Waals surface area contributed by atoms with Crippen molar-refractivity contribution < 1.29 is 4.79 Å². The first-order valence-electron chi connectivity index (χ1n) is 7.21. The molecule has 1 aromatic heterocycles. The molecule has 3 atom stereocenters. The monoisotopic (exact) mass is 259 g/mol. The molecule has 0 aromatic carbocycles. The third-order valence-electron chi connectivity index (χ3n) is 4.40. The summed E-state index contributed by atoms with van der Waals surface area (Å²) in [5.41, 5.74) is 1.17. The Balaban J connectivity index is 1.78. The number of aromatic nitrogens is 1. The van der Waals surface area contributed by atoms with Gasteiger partial charge in [-0.25, -0.2) is 0 Å². The van der Waals surface area contributed by atoms with Gasteiger partial charge in [-0.05, 0) is 43.4 Å². The van der Waals surface area contributed by atoms with Crippen LogP contribution in [0.3, 0.4) is 0 Å². The Hall–Kier alpha value is -1.42. The van der Waals surface area contributed by atoms with Crippen LogP contribution in [0.4, 0.5) is 0 Å². The van der Waals surface area contributed by atoms with Crippen molar-refractivity contribution in [2.75, 3.05) is 13.1 Å². The zero-order chi connectivity index (χ0) is 13.2. The molecular weight excluding hydrogens is 238 g/mol. The van der Waals surface area contributed by atoms with E-state index in [1.54, 1.807) is 6.20 Å². The Morgan fingerprint density at radius 2 is 2.37 bits per heavy atom. The van der Waals surface area contributed by atoms with Crippen molar-refractivity contribution >= 4 is 5.91 Å². The van der Waals surface area contributed by atoms with E-state index in [4.69, 9.17) is 0 Å². The van der Waals surface area contributed by atoms with E-state index < -0.39 is 0 Å². The maximum atomic E-state index is 12.7. The molecule has 1 amide bonds. The number of carbonyl (C=O) groups excluding carboxylic acids is 1. The number of nitrogens with one attached hydrogen (secondary N) is 1. The van der Waals surface area contributed by atoms with Crippen molar-refractivity contribution in [3.63, 3.8) is 0 Å². The lowest BCUT2D eigenvalue weighted by molar-refractivity contribution is -0.134. The second-order valence-corrected chi connectivity index (χ2v) is 5.67. The Bertz CT molecular complexity index is 448. The summed E-state index contributed by atoms with van der Waals surface area (Å²) >= 11 is 0. The van der Waals surface area contributed by atoms with E-state index in [1.165, 1.54) is 5.56 Å². The highest BCUT2D eigenvalue weighted by Gasteiger charge is 2.37. The van der Waals surface area contributed by atoms with Gasteiger partial charge in [-0.3, -0.25) is 9.78 Å². The number of rotatable bonds is 2. The SMILES string of the molecule is CC1CCNC1C(=O)N1CCCC1c1cccnc1. The fourth-order valence-electron chi connectivity index (χ4n) is 3.29. The predicted molar refractivity (Wildman–Crippen MR) is 73.5 cm³/mol. The van der Waals surface area contributed by atoms with Crippen LogP contribution in [0.25, 0.3) is 0 Å². The molecule has 3 unspecified atom stereocenters. The van der Waals surface area contributed by atoms with Gasteiger partial charge in [0.2, 0.25) is 5.91 Å². The molecule has 2 aliphatic heterocycles. The van der Waals surface area contributed by atoms with Crippen molar-refractivity contribution in [3.05, 3.63) is 30.1 Å². The zero-order valence-electron chi connectivity index (χ0n) is 11.4. The minimum Gasteiger partial charge on any atom is -0.334 e. The highest BCUT2D eigenvalue weighted by Crippen LogP contribution is 2.33. The molecule has 0 radical (unpaired) electrons. The van der Waals surface area contributed by atoms with Crippen LogP contribution in [0, 0.1) is 5.92 Å². The van der Waals surface area contributed by atoms with E-state index in [0.717, 1.165) is 32.4 Å². The van der Waals surface area contributed by atoms with Crippen molar-refractivity contribution in [1.29, 1.82) is 0 Å². The van der Waals surface area contributed by atoms with Crippen LogP contribution in [-0.4, -0.2) is 34.9 Å². The summed E-state index contributed by atoms with van der Waals surface area (Å²) in [5, 5.41) is 3.35. The molecule has 1 N–H and O–H groups in total. The molecule has 4 heteroatoms. The maximum Gasteiger partial charge on any atom is 0.240 e. The molecule has 0 spiro atoms. The molecule has 0 aliphatic carbocycles. The number of hydrogen-bond donors (Lipinski definition) is 1. The second kappa shape index (κ2) is 5.29. The van der Waals surface area contributed by atoms with Crippen LogP contribution in [0.1, 0.15) is 37.8 Å². The molecule has 0 saturated carbocycles. The Kier molecular flexibility index (Phi) is 3.51. The van der Waals surface area contributed by atoms with E-state index in [-0.39, 0.29) is 18.0 Å². The number of pyridine rings is 1. The molecule has 3 rings (SSSR count). The van der Waals surface area contributed by atoms with Gasteiger partial charge in [0.05, 0.1) is 12.1 Å². The van der Waals surface area contributed by atoms with Gasteiger partial charge in [0.15, 0.2) is 0 Å². The summed E-state index contributed by atoms with van der Waals surface area (Å²) in [4.78, 5) is 18.9. The lowest BCUT2D eigenvalue weighted by Gasteiger charge is -2.29. The van der Waals surface area contributed by atoms with E-state index in [1.807, 2.05) is 12.3 Å². The highest BCUT2D eigenvalue weighted by atomic mass is 16.2. The van der Waals surface area contributed by atoms with Crippen LogP contribution in [0.15, 0.2) is 24.5 Å². The summed E-state index contributed by atoms with van der Waals surface area (Å²) in [6, 6.07) is 4.26. The fourth-order valence-corrected chi connectivity index (χ4v) is 3.29. The van der Waals surface area contributed by atoms with Gasteiger partial charge in [-0.1, -0.05) is 13.0 Å². The topological polar surface area (TPSA) is 45.2 Å². The van der Waals surface area contributed by atoms with Crippen LogP contribution in [0.5, 0.6) is 0 Å². The molecule has 2 fully saturated rings. The van der Waals surface area contributed by atoms with Crippen molar-refractivity contribution in [2.24, 2.45) is 5.92 Å². The largest absolute Gasteiger partial charge is 0.334 e. The Morgan fingerprint density at radius 1 is 1.47 bits per heavy atom. The van der Waals surface area contributed by atoms with E-state index in [2.05, 4.69) is 28.2 Å². The molecule has 102 valence electrons. The standard InChI is InChI=1S/C15H21N3O/c1-11-6-8-17-14(11)15(19)18-9-3-5-13(18)12-4-2-7-16-10-12/h2,4,7,10-11,13-14,17H,3,5-6,8-9H2,1H3. The first-order chi connectivity index (χ1) is 9.27. The summed E-state index contributed by atoms with van der Waals surface area (Å²) in [5.74, 6) is 0.721. The number of hydrogen-bond acceptors (Lipinski definition) is 3. The number of amides is 1. The van der Waals surface area contributed by atoms with Crippen molar-refractivity contribution in [2.45, 2.75) is 38.3 Å². The van der Waals surface area contributed by atoms with E-state index >= 15 is 0 Å². The normalized spacial score (nSPS) is 30.8. The highest BCUT2D eigenvalue weighted by molar-refractivity contribution is 5.83. The second-order valence-electron chi connectivity index (χ2n) is 5.67. The molecule has 1 aromatic rings. The number of nitrogens with zero attached hydrogens (tertiary/aromatic N) is 2. The van der Waals surface area contributed by atoms with Gasteiger partial charge in [-0.15, -0.1) is 0 Å². The van der Waals surface area contributed by atoms with Crippen LogP contribution < -0.4 is 5.32 Å². The molecule has 4 nitrogen and oxygen atoms in total. The first kappa shape index (κ1) is 12.6. The van der Waals surface area contributed by atoms with Crippen molar-refractivity contribution in [3.8, 4) is 0 Å². The third-order valence-corrected chi connectivity index (χ3v) is 4.40. The maximum absolute atomic E-state index is 12.7. The van der Waals surface area contributed by atoms with E-state index in [9.17, 15) is 4.79 Å². The summed E-state index contributed by atoms with van der Waals surface area (Å²) < 4.78 is 0. The average Bonchev–Trinajstić information content (AvgIpc) is 3.07. The van der Waals surface area contributed by atoms with Gasteiger partial charge in [0, 0.05) is 18.9 Å². The van der Waals surface area contributed by atoms with Crippen LogP contribution in [-0.2, 0) is 4.79 Å². The van der Waals surface area contributed by atoms with Gasteiger partial charge >= 0.3 is 0 Å². The fraction of sp³-hybridized carbons (Fsp3) is 0.600. The molecule has 0 bridgehead atoms. The molecule has 3 heterocycles.